The van der Waals surface area contributed by atoms with Gasteiger partial charge in [-0.2, -0.15) is 17.4 Å². The SMILES string of the molecule is CN1CCC[C@H]1CCCN(CCCc1ccc(Cl)cc1)S(=O)(=O)NCc1ccc(Cl)cc1. The van der Waals surface area contributed by atoms with Crippen molar-refractivity contribution in [3.8, 4) is 0 Å². The Hall–Kier alpha value is -1.15. The smallest absolute Gasteiger partial charge is 0.279 e. The van der Waals surface area contributed by atoms with Gasteiger partial charge in [0.15, 0.2) is 0 Å². The standard InChI is InChI=1S/C24H33Cl2N3O2S/c1-28-16-3-6-24(28)7-4-18-29(17-2-5-20-8-12-22(25)13-9-20)32(30,31)27-19-21-10-14-23(26)15-11-21/h8-15,24,27H,2-7,16-19H2,1H3/t24-/m0/s1. The van der Waals surface area contributed by atoms with Gasteiger partial charge in [0.2, 0.25) is 0 Å². The predicted molar refractivity (Wildman–Crippen MR) is 133 cm³/mol. The normalized spacial score (nSPS) is 17.3. The lowest BCUT2D eigenvalue weighted by Crippen LogP contribution is -2.42. The van der Waals surface area contributed by atoms with Crippen molar-refractivity contribution in [3.63, 3.8) is 0 Å². The third-order valence-electron chi connectivity index (χ3n) is 6.11. The molecule has 3 rings (SSSR count). The van der Waals surface area contributed by atoms with Crippen molar-refractivity contribution in [3.05, 3.63) is 69.7 Å². The molecule has 0 saturated carbocycles. The second kappa shape index (κ2) is 12.4. The molecule has 32 heavy (non-hydrogen) atoms. The second-order valence-corrected chi connectivity index (χ2v) is 11.1. The van der Waals surface area contributed by atoms with E-state index in [-0.39, 0.29) is 6.54 Å². The zero-order valence-corrected chi connectivity index (χ0v) is 21.0. The molecule has 176 valence electrons. The van der Waals surface area contributed by atoms with Gasteiger partial charge >= 0.3 is 0 Å². The Morgan fingerprint density at radius 2 is 1.56 bits per heavy atom. The number of aryl methyl sites for hydroxylation is 1. The van der Waals surface area contributed by atoms with E-state index in [1.54, 1.807) is 16.4 Å². The van der Waals surface area contributed by atoms with Crippen molar-refractivity contribution in [2.75, 3.05) is 26.7 Å². The highest BCUT2D eigenvalue weighted by Gasteiger charge is 2.24. The van der Waals surface area contributed by atoms with E-state index < -0.39 is 10.2 Å². The summed E-state index contributed by atoms with van der Waals surface area (Å²) in [5.41, 5.74) is 2.04. The number of benzene rings is 2. The van der Waals surface area contributed by atoms with Gasteiger partial charge < -0.3 is 4.90 Å². The lowest BCUT2D eigenvalue weighted by atomic mass is 10.1. The first-order chi connectivity index (χ1) is 15.3. The maximum atomic E-state index is 13.1. The molecule has 0 amide bonds. The van der Waals surface area contributed by atoms with Gasteiger partial charge in [-0.05, 0) is 87.5 Å². The molecule has 0 radical (unpaired) electrons. The van der Waals surface area contributed by atoms with Crippen molar-refractivity contribution in [1.82, 2.24) is 13.9 Å². The minimum atomic E-state index is -3.59. The van der Waals surface area contributed by atoms with Gasteiger partial charge in [-0.15, -0.1) is 0 Å². The summed E-state index contributed by atoms with van der Waals surface area (Å²) < 4.78 is 30.6. The van der Waals surface area contributed by atoms with Crippen LogP contribution in [0.25, 0.3) is 0 Å². The molecular formula is C24H33Cl2N3O2S. The van der Waals surface area contributed by atoms with Crippen molar-refractivity contribution >= 4 is 33.4 Å². The van der Waals surface area contributed by atoms with E-state index in [0.29, 0.717) is 29.2 Å². The van der Waals surface area contributed by atoms with Crippen LogP contribution in [0, 0.1) is 0 Å². The summed E-state index contributed by atoms with van der Waals surface area (Å²) in [4.78, 5) is 2.39. The van der Waals surface area contributed by atoms with Gasteiger partial charge in [0.1, 0.15) is 0 Å². The summed E-state index contributed by atoms with van der Waals surface area (Å²) in [5.74, 6) is 0. The fourth-order valence-corrected chi connectivity index (χ4v) is 5.70. The third kappa shape index (κ3) is 8.01. The van der Waals surface area contributed by atoms with Crippen molar-refractivity contribution < 1.29 is 8.42 Å². The van der Waals surface area contributed by atoms with E-state index in [1.807, 2.05) is 36.4 Å². The second-order valence-electron chi connectivity index (χ2n) is 8.50. The molecule has 0 bridgehead atoms. The first-order valence-electron chi connectivity index (χ1n) is 11.3. The molecule has 1 aliphatic heterocycles. The molecule has 1 atom stereocenters. The Balaban J connectivity index is 1.57. The Kier molecular flexibility index (Phi) is 9.83. The van der Waals surface area contributed by atoms with Gasteiger partial charge in [0, 0.05) is 35.7 Å². The number of rotatable bonds is 12. The molecular weight excluding hydrogens is 465 g/mol. The first kappa shape index (κ1) is 25.5. The van der Waals surface area contributed by atoms with E-state index >= 15 is 0 Å². The van der Waals surface area contributed by atoms with Crippen molar-refractivity contribution in [2.45, 2.75) is 51.1 Å². The molecule has 2 aromatic rings. The van der Waals surface area contributed by atoms with E-state index in [0.717, 1.165) is 43.4 Å². The summed E-state index contributed by atoms with van der Waals surface area (Å²) in [6.45, 7) is 2.40. The van der Waals surface area contributed by atoms with E-state index in [2.05, 4.69) is 16.7 Å². The highest BCUT2D eigenvalue weighted by atomic mass is 35.5. The minimum Gasteiger partial charge on any atom is -0.303 e. The van der Waals surface area contributed by atoms with Crippen LogP contribution in [0.5, 0.6) is 0 Å². The fraction of sp³-hybridized carbons (Fsp3) is 0.500. The van der Waals surface area contributed by atoms with Crippen LogP contribution in [-0.2, 0) is 23.2 Å². The zero-order valence-electron chi connectivity index (χ0n) is 18.6. The van der Waals surface area contributed by atoms with Crippen LogP contribution in [0.15, 0.2) is 48.5 Å². The maximum Gasteiger partial charge on any atom is 0.279 e. The molecule has 1 N–H and O–H groups in total. The van der Waals surface area contributed by atoms with Crippen LogP contribution < -0.4 is 4.72 Å². The third-order valence-corrected chi connectivity index (χ3v) is 8.17. The Morgan fingerprint density at radius 3 is 2.16 bits per heavy atom. The van der Waals surface area contributed by atoms with Crippen molar-refractivity contribution in [1.29, 1.82) is 0 Å². The maximum absolute atomic E-state index is 13.1. The van der Waals surface area contributed by atoms with Gasteiger partial charge in [-0.3, -0.25) is 0 Å². The Labute approximate surface area is 202 Å². The van der Waals surface area contributed by atoms with Gasteiger partial charge in [0.25, 0.3) is 10.2 Å². The summed E-state index contributed by atoms with van der Waals surface area (Å²) >= 11 is 11.9. The van der Waals surface area contributed by atoms with E-state index in [4.69, 9.17) is 23.2 Å². The highest BCUT2D eigenvalue weighted by molar-refractivity contribution is 7.87. The van der Waals surface area contributed by atoms with Crippen LogP contribution >= 0.6 is 23.2 Å². The van der Waals surface area contributed by atoms with E-state index in [1.165, 1.54) is 12.8 Å². The molecule has 0 aromatic heterocycles. The zero-order chi connectivity index (χ0) is 23.0. The number of hydrogen-bond acceptors (Lipinski definition) is 3. The topological polar surface area (TPSA) is 52.7 Å². The largest absolute Gasteiger partial charge is 0.303 e. The molecule has 1 fully saturated rings. The fourth-order valence-electron chi connectivity index (χ4n) is 4.18. The van der Waals surface area contributed by atoms with E-state index in [9.17, 15) is 8.42 Å². The number of halogens is 2. The average molecular weight is 499 g/mol. The van der Waals surface area contributed by atoms with Crippen LogP contribution in [0.1, 0.15) is 43.2 Å². The molecule has 0 unspecified atom stereocenters. The van der Waals surface area contributed by atoms with Gasteiger partial charge in [-0.25, -0.2) is 0 Å². The molecule has 0 spiro atoms. The number of nitrogens with one attached hydrogen (secondary N) is 1. The quantitative estimate of drug-likeness (QED) is 0.441. The summed E-state index contributed by atoms with van der Waals surface area (Å²) in [6, 6.07) is 15.5. The van der Waals surface area contributed by atoms with Gasteiger partial charge in [-0.1, -0.05) is 47.5 Å². The molecule has 1 heterocycles. The summed E-state index contributed by atoms with van der Waals surface area (Å²) in [5, 5.41) is 1.35. The van der Waals surface area contributed by atoms with Crippen LogP contribution in [0.4, 0.5) is 0 Å². The first-order valence-corrected chi connectivity index (χ1v) is 13.5. The summed E-state index contributed by atoms with van der Waals surface area (Å²) in [6.07, 6.45) is 5.88. The lowest BCUT2D eigenvalue weighted by Gasteiger charge is -2.24. The summed E-state index contributed by atoms with van der Waals surface area (Å²) in [7, 11) is -1.43. The molecule has 0 aliphatic carbocycles. The molecule has 1 saturated heterocycles. The van der Waals surface area contributed by atoms with Crippen LogP contribution in [0.3, 0.4) is 0 Å². The van der Waals surface area contributed by atoms with Crippen LogP contribution in [0.2, 0.25) is 10.0 Å². The van der Waals surface area contributed by atoms with Gasteiger partial charge in [0.05, 0.1) is 0 Å². The Morgan fingerprint density at radius 1 is 0.969 bits per heavy atom. The minimum absolute atomic E-state index is 0.249. The van der Waals surface area contributed by atoms with Crippen LogP contribution in [-0.4, -0.2) is 50.3 Å². The lowest BCUT2D eigenvalue weighted by molar-refractivity contribution is 0.281. The average Bonchev–Trinajstić information content (AvgIpc) is 3.18. The predicted octanol–water partition coefficient (Wildman–Crippen LogP) is 5.14. The molecule has 1 aliphatic rings. The molecule has 8 heteroatoms. The number of likely N-dealkylation sites (tertiary alicyclic amines) is 1. The highest BCUT2D eigenvalue weighted by Crippen LogP contribution is 2.20. The number of nitrogens with zero attached hydrogens (tertiary/aromatic N) is 2. The monoisotopic (exact) mass is 497 g/mol. The Bertz CT molecular complexity index is 937. The molecule has 5 nitrogen and oxygen atoms in total. The number of hydrogen-bond donors (Lipinski definition) is 1. The molecule has 2 aromatic carbocycles. The van der Waals surface area contributed by atoms with Crippen molar-refractivity contribution in [2.24, 2.45) is 0 Å².